The van der Waals surface area contributed by atoms with Crippen molar-refractivity contribution >= 4 is 39.5 Å². The summed E-state index contributed by atoms with van der Waals surface area (Å²) in [4.78, 5) is 73.1. The molecule has 5 atom stereocenters. The third-order valence-electron chi connectivity index (χ3n) is 19.3. The molecule has 0 saturated heterocycles. The third-order valence-corrected chi connectivity index (χ3v) is 21.2. The van der Waals surface area contributed by atoms with Gasteiger partial charge in [-0.2, -0.15) is 0 Å². The summed E-state index contributed by atoms with van der Waals surface area (Å²) in [5, 5.41) is 10.7. The second-order valence-corrected chi connectivity index (χ2v) is 32.9. The van der Waals surface area contributed by atoms with E-state index in [-0.39, 0.29) is 25.7 Å². The van der Waals surface area contributed by atoms with Crippen molar-refractivity contribution in [3.05, 3.63) is 0 Å². The first-order valence-corrected chi connectivity index (χ1v) is 45.6. The van der Waals surface area contributed by atoms with Gasteiger partial charge in [-0.25, -0.2) is 9.13 Å². The average Bonchev–Trinajstić information content (AvgIpc) is 0.937. The predicted octanol–water partition coefficient (Wildman–Crippen LogP) is 24.8. The van der Waals surface area contributed by atoms with Gasteiger partial charge in [0.05, 0.1) is 26.4 Å². The van der Waals surface area contributed by atoms with Gasteiger partial charge < -0.3 is 33.8 Å². The van der Waals surface area contributed by atoms with Gasteiger partial charge in [-0.05, 0) is 31.6 Å². The van der Waals surface area contributed by atoms with Crippen molar-refractivity contribution in [2.75, 3.05) is 39.6 Å². The first-order valence-electron chi connectivity index (χ1n) is 42.6. The summed E-state index contributed by atoms with van der Waals surface area (Å²) >= 11 is 0. The maximum Gasteiger partial charge on any atom is 0.472 e. The molecule has 0 aliphatic rings. The molecular formula is C82H160O17P2. The second kappa shape index (κ2) is 74.9. The highest BCUT2D eigenvalue weighted by Gasteiger charge is 2.30. The largest absolute Gasteiger partial charge is 0.472 e. The van der Waals surface area contributed by atoms with Crippen LogP contribution in [0.1, 0.15) is 439 Å². The fourth-order valence-electron chi connectivity index (χ4n) is 12.8. The molecule has 0 aliphatic carbocycles. The van der Waals surface area contributed by atoms with Crippen LogP contribution in [0.3, 0.4) is 0 Å². The molecule has 2 unspecified atom stereocenters. The number of phosphoric ester groups is 2. The molecule has 0 saturated carbocycles. The van der Waals surface area contributed by atoms with Crippen LogP contribution in [0.2, 0.25) is 0 Å². The normalized spacial score (nSPS) is 13.8. The molecule has 0 amide bonds. The fraction of sp³-hybridized carbons (Fsp3) is 0.951. The summed E-state index contributed by atoms with van der Waals surface area (Å²) in [5.41, 5.74) is 0. The number of carbonyl (C=O) groups is 4. The highest BCUT2D eigenvalue weighted by atomic mass is 31.2. The lowest BCUT2D eigenvalue weighted by atomic mass is 10.0. The number of aliphatic hydroxyl groups is 1. The molecule has 0 fully saturated rings. The summed E-state index contributed by atoms with van der Waals surface area (Å²) in [6, 6.07) is 0. The number of carbonyl (C=O) groups excluding carboxylic acids is 4. The first kappa shape index (κ1) is 99.1. The lowest BCUT2D eigenvalue weighted by Crippen LogP contribution is -2.30. The summed E-state index contributed by atoms with van der Waals surface area (Å²) in [6.45, 7) is 7.38. The number of rotatable bonds is 82. The molecule has 101 heavy (non-hydrogen) atoms. The molecule has 0 bridgehead atoms. The van der Waals surface area contributed by atoms with Crippen molar-refractivity contribution in [2.24, 2.45) is 5.92 Å². The molecule has 3 N–H and O–H groups in total. The van der Waals surface area contributed by atoms with Gasteiger partial charge in [0.1, 0.15) is 19.3 Å². The van der Waals surface area contributed by atoms with Gasteiger partial charge in [-0.15, -0.1) is 0 Å². The molecule has 0 aromatic rings. The Morgan fingerprint density at radius 1 is 0.267 bits per heavy atom. The molecule has 0 aliphatic heterocycles. The SMILES string of the molecule is CCCCCCCCCCCCCCCCCCC(=O)OC[C@H](COP(=O)(O)OC[C@@H](O)COP(=O)(O)OC[C@@H](COC(=O)CCCCCCCCCCCCCC)OC(=O)CCCCCCCCCCCCCCCCC)OC(=O)CCCCCCCCCCCCCCCCCC(C)C. The number of ether oxygens (including phenoxy) is 4. The molecule has 0 rings (SSSR count). The van der Waals surface area contributed by atoms with Crippen molar-refractivity contribution < 1.29 is 80.2 Å². The Hall–Kier alpha value is -1.94. The average molecular weight is 1480 g/mol. The van der Waals surface area contributed by atoms with Crippen molar-refractivity contribution in [1.82, 2.24) is 0 Å². The van der Waals surface area contributed by atoms with Crippen LogP contribution in [-0.4, -0.2) is 96.7 Å². The van der Waals surface area contributed by atoms with Crippen LogP contribution in [-0.2, 0) is 65.4 Å². The van der Waals surface area contributed by atoms with E-state index in [1.807, 2.05) is 0 Å². The Labute approximate surface area is 619 Å². The number of esters is 4. The third kappa shape index (κ3) is 76.1. The lowest BCUT2D eigenvalue weighted by Gasteiger charge is -2.21. The van der Waals surface area contributed by atoms with Crippen molar-refractivity contribution in [1.29, 1.82) is 0 Å². The van der Waals surface area contributed by atoms with E-state index >= 15 is 0 Å². The van der Waals surface area contributed by atoms with Crippen LogP contribution in [0, 0.1) is 5.92 Å². The zero-order valence-corrected chi connectivity index (χ0v) is 67.8. The van der Waals surface area contributed by atoms with E-state index in [9.17, 15) is 43.2 Å². The molecular weight excluding hydrogens is 1320 g/mol. The Morgan fingerprint density at radius 3 is 0.673 bits per heavy atom. The van der Waals surface area contributed by atoms with Gasteiger partial charge in [0, 0.05) is 25.7 Å². The second-order valence-electron chi connectivity index (χ2n) is 30.0. The van der Waals surface area contributed by atoms with Gasteiger partial charge >= 0.3 is 39.5 Å². The van der Waals surface area contributed by atoms with Crippen molar-refractivity contribution in [3.63, 3.8) is 0 Å². The van der Waals surface area contributed by atoms with Crippen molar-refractivity contribution in [2.45, 2.75) is 457 Å². The molecule has 0 spiro atoms. The van der Waals surface area contributed by atoms with E-state index in [4.69, 9.17) is 37.0 Å². The summed E-state index contributed by atoms with van der Waals surface area (Å²) in [6.07, 6.45) is 66.4. The summed E-state index contributed by atoms with van der Waals surface area (Å²) in [5.74, 6) is -1.30. The lowest BCUT2D eigenvalue weighted by molar-refractivity contribution is -0.161. The Bertz CT molecular complexity index is 1930. The monoisotopic (exact) mass is 1480 g/mol. The maximum absolute atomic E-state index is 13.1. The van der Waals surface area contributed by atoms with E-state index in [2.05, 4.69) is 34.6 Å². The number of hydrogen-bond donors (Lipinski definition) is 3. The minimum Gasteiger partial charge on any atom is -0.462 e. The molecule has 17 nitrogen and oxygen atoms in total. The molecule has 0 aromatic heterocycles. The molecule has 0 heterocycles. The van der Waals surface area contributed by atoms with E-state index in [1.165, 1.54) is 263 Å². The van der Waals surface area contributed by atoms with E-state index in [1.54, 1.807) is 0 Å². The number of hydrogen-bond acceptors (Lipinski definition) is 15. The van der Waals surface area contributed by atoms with E-state index in [0.29, 0.717) is 25.7 Å². The number of unbranched alkanes of at least 4 members (excludes halogenated alkanes) is 54. The van der Waals surface area contributed by atoms with E-state index < -0.39 is 97.5 Å². The standard InChI is InChI=1S/C82H160O17P2/c1-6-9-12-15-18-21-24-27-29-33-36-41-46-51-56-61-66-80(85)93-72-78(99-82(87)68-63-58-53-48-43-38-34-30-32-35-39-44-49-54-59-64-75(4)5)74-97-101(90,91)95-70-76(83)69-94-100(88,89)96-73-77(71-92-79(84)65-60-55-50-45-40-26-23-20-17-14-11-8-3)98-81(86)67-62-57-52-47-42-37-31-28-25-22-19-16-13-10-7-2/h75-78,83H,6-74H2,1-5H3,(H,88,89)(H,90,91)/t76-,77+,78+/m0/s1. The van der Waals surface area contributed by atoms with Crippen LogP contribution in [0.4, 0.5) is 0 Å². The molecule has 0 radical (unpaired) electrons. The highest BCUT2D eigenvalue weighted by molar-refractivity contribution is 7.47. The maximum atomic E-state index is 13.1. The number of phosphoric acid groups is 2. The first-order chi connectivity index (χ1) is 49.0. The summed E-state index contributed by atoms with van der Waals surface area (Å²) in [7, 11) is -9.92. The minimum absolute atomic E-state index is 0.109. The number of aliphatic hydroxyl groups excluding tert-OH is 1. The molecule has 600 valence electrons. The van der Waals surface area contributed by atoms with Gasteiger partial charge in [0.15, 0.2) is 12.2 Å². The Balaban J connectivity index is 5.26. The molecule has 0 aromatic carbocycles. The van der Waals surface area contributed by atoms with Crippen LogP contribution >= 0.6 is 15.6 Å². The Kier molecular flexibility index (Phi) is 73.5. The fourth-order valence-corrected chi connectivity index (χ4v) is 14.3. The van der Waals surface area contributed by atoms with Crippen LogP contribution in [0.5, 0.6) is 0 Å². The van der Waals surface area contributed by atoms with Crippen molar-refractivity contribution in [3.8, 4) is 0 Å². The zero-order chi connectivity index (χ0) is 74.1. The quantitative estimate of drug-likeness (QED) is 0.0222. The van der Waals surface area contributed by atoms with Gasteiger partial charge in [0.25, 0.3) is 0 Å². The zero-order valence-electron chi connectivity index (χ0n) is 66.1. The highest BCUT2D eigenvalue weighted by Crippen LogP contribution is 2.45. The van der Waals surface area contributed by atoms with Gasteiger partial charge in [-0.1, -0.05) is 388 Å². The van der Waals surface area contributed by atoms with Crippen LogP contribution in [0.25, 0.3) is 0 Å². The van der Waals surface area contributed by atoms with Gasteiger partial charge in [-0.3, -0.25) is 37.3 Å². The van der Waals surface area contributed by atoms with Gasteiger partial charge in [0.2, 0.25) is 0 Å². The predicted molar refractivity (Wildman–Crippen MR) is 414 cm³/mol. The van der Waals surface area contributed by atoms with Crippen LogP contribution in [0.15, 0.2) is 0 Å². The van der Waals surface area contributed by atoms with E-state index in [0.717, 1.165) is 95.8 Å². The Morgan fingerprint density at radius 2 is 0.455 bits per heavy atom. The topological polar surface area (TPSA) is 237 Å². The van der Waals surface area contributed by atoms with Crippen LogP contribution < -0.4 is 0 Å². The summed E-state index contributed by atoms with van der Waals surface area (Å²) < 4.78 is 68.8. The molecule has 19 heteroatoms. The smallest absolute Gasteiger partial charge is 0.462 e. The minimum atomic E-state index is -4.96.